The molecule has 2 aromatic carbocycles. The predicted molar refractivity (Wildman–Crippen MR) is 110 cm³/mol. The van der Waals surface area contributed by atoms with Crippen LogP contribution in [0.5, 0.6) is 5.75 Å². The first kappa shape index (κ1) is 19.7. The maximum absolute atomic E-state index is 12.6. The summed E-state index contributed by atoms with van der Waals surface area (Å²) < 4.78 is 5.75. The van der Waals surface area contributed by atoms with Gasteiger partial charge in [0.1, 0.15) is 5.75 Å². The summed E-state index contributed by atoms with van der Waals surface area (Å²) in [5, 5.41) is 11.8. The van der Waals surface area contributed by atoms with Crippen LogP contribution in [-0.4, -0.2) is 44.7 Å². The van der Waals surface area contributed by atoms with Gasteiger partial charge in [-0.3, -0.25) is 4.79 Å². The second-order valence-electron chi connectivity index (χ2n) is 6.95. The molecular weight excluding hydrogens is 352 g/mol. The molecule has 0 aromatic heterocycles. The van der Waals surface area contributed by atoms with E-state index < -0.39 is 0 Å². The number of para-hydroxylation sites is 2. The van der Waals surface area contributed by atoms with Gasteiger partial charge < -0.3 is 19.9 Å². The lowest BCUT2D eigenvalue weighted by atomic mass is 10.1. The van der Waals surface area contributed by atoms with E-state index in [1.807, 2.05) is 32.0 Å². The van der Waals surface area contributed by atoms with E-state index in [4.69, 9.17) is 10.00 Å². The summed E-state index contributed by atoms with van der Waals surface area (Å²) in [5.74, 6) is 0.919. The van der Waals surface area contributed by atoms with Crippen LogP contribution in [0.3, 0.4) is 0 Å². The monoisotopic (exact) mass is 379 g/mol. The molecule has 6 nitrogen and oxygen atoms in total. The van der Waals surface area contributed by atoms with E-state index in [2.05, 4.69) is 22.4 Å². The third kappa shape index (κ3) is 4.62. The van der Waals surface area contributed by atoms with Crippen LogP contribution < -0.4 is 19.9 Å². The minimum atomic E-state index is -0.139. The van der Waals surface area contributed by atoms with Gasteiger partial charge in [-0.05, 0) is 50.2 Å². The number of hydrogen-bond acceptors (Lipinski definition) is 4. The Balaban J connectivity index is 1.56. The first-order valence-corrected chi connectivity index (χ1v) is 9.74. The Morgan fingerprint density at radius 1 is 1.21 bits per heavy atom. The number of benzene rings is 2. The Hall–Kier alpha value is -3.04. The van der Waals surface area contributed by atoms with Crippen LogP contribution in [0.1, 0.15) is 19.4 Å². The summed E-state index contributed by atoms with van der Waals surface area (Å²) in [6.45, 7) is 8.16. The standard InChI is InChI=1S/C22H26N4O2/c1-3-28-21-7-5-4-6-20(21)26-14-12-25(13-15-26)17(2)22(27)24-19-10-8-18(16-23)9-11-19/h4-11,17H,3,12-15H2,1-2H3,(H,24,27)/p+1/t17-/m0/s1. The Morgan fingerprint density at radius 2 is 1.89 bits per heavy atom. The predicted octanol–water partition coefficient (Wildman–Crippen LogP) is 1.69. The number of nitriles is 1. The fourth-order valence-electron chi connectivity index (χ4n) is 3.53. The lowest BCUT2D eigenvalue weighted by molar-refractivity contribution is -0.914. The Morgan fingerprint density at radius 3 is 2.54 bits per heavy atom. The van der Waals surface area contributed by atoms with Gasteiger partial charge in [0.2, 0.25) is 0 Å². The largest absolute Gasteiger partial charge is 0.492 e. The second-order valence-corrected chi connectivity index (χ2v) is 6.95. The minimum Gasteiger partial charge on any atom is -0.492 e. The van der Waals surface area contributed by atoms with Gasteiger partial charge in [-0.25, -0.2) is 0 Å². The van der Waals surface area contributed by atoms with Crippen LogP contribution in [0.25, 0.3) is 0 Å². The van der Waals surface area contributed by atoms with Crippen LogP contribution in [0, 0.1) is 11.3 Å². The molecule has 6 heteroatoms. The molecule has 1 heterocycles. The molecule has 2 aromatic rings. The Bertz CT molecular complexity index is 836. The van der Waals surface area contributed by atoms with Crippen molar-refractivity contribution in [1.82, 2.24) is 0 Å². The number of carbonyl (C=O) groups is 1. The number of amides is 1. The van der Waals surface area contributed by atoms with Crippen molar-refractivity contribution in [1.29, 1.82) is 5.26 Å². The summed E-state index contributed by atoms with van der Waals surface area (Å²) in [5.41, 5.74) is 2.43. The van der Waals surface area contributed by atoms with Gasteiger partial charge in [-0.15, -0.1) is 0 Å². The van der Waals surface area contributed by atoms with E-state index in [0.29, 0.717) is 12.2 Å². The molecule has 0 bridgehead atoms. The van der Waals surface area contributed by atoms with Gasteiger partial charge in [-0.1, -0.05) is 12.1 Å². The van der Waals surface area contributed by atoms with E-state index in [1.54, 1.807) is 24.3 Å². The molecule has 1 amide bonds. The van der Waals surface area contributed by atoms with Crippen molar-refractivity contribution in [3.8, 4) is 11.8 Å². The molecule has 0 unspecified atom stereocenters. The van der Waals surface area contributed by atoms with E-state index in [-0.39, 0.29) is 11.9 Å². The molecule has 2 N–H and O–H groups in total. The van der Waals surface area contributed by atoms with Crippen molar-refractivity contribution in [2.75, 3.05) is 43.0 Å². The van der Waals surface area contributed by atoms with Gasteiger partial charge in [0.25, 0.3) is 5.91 Å². The van der Waals surface area contributed by atoms with Crippen molar-refractivity contribution in [2.45, 2.75) is 19.9 Å². The van der Waals surface area contributed by atoms with Crippen LogP contribution in [0.4, 0.5) is 11.4 Å². The van der Waals surface area contributed by atoms with Crippen molar-refractivity contribution >= 4 is 17.3 Å². The summed E-state index contributed by atoms with van der Waals surface area (Å²) in [4.78, 5) is 16.2. The van der Waals surface area contributed by atoms with E-state index in [1.165, 1.54) is 4.90 Å². The summed E-state index contributed by atoms with van der Waals surface area (Å²) in [7, 11) is 0. The van der Waals surface area contributed by atoms with Crippen LogP contribution in [0.15, 0.2) is 48.5 Å². The molecule has 1 fully saturated rings. The smallest absolute Gasteiger partial charge is 0.282 e. The fourth-order valence-corrected chi connectivity index (χ4v) is 3.53. The number of piperazine rings is 1. The van der Waals surface area contributed by atoms with Gasteiger partial charge in [0.15, 0.2) is 6.04 Å². The average molecular weight is 379 g/mol. The number of nitrogens with zero attached hydrogens (tertiary/aromatic N) is 2. The zero-order chi connectivity index (χ0) is 19.9. The average Bonchev–Trinajstić information content (AvgIpc) is 2.74. The maximum Gasteiger partial charge on any atom is 0.282 e. The molecule has 1 saturated heterocycles. The molecule has 1 aliphatic heterocycles. The number of nitrogens with one attached hydrogen (secondary N) is 2. The molecule has 28 heavy (non-hydrogen) atoms. The molecular formula is C22H27N4O2+. The molecule has 0 spiro atoms. The number of rotatable bonds is 6. The highest BCUT2D eigenvalue weighted by Gasteiger charge is 2.30. The molecule has 0 radical (unpaired) electrons. The lowest BCUT2D eigenvalue weighted by Gasteiger charge is -2.36. The van der Waals surface area contributed by atoms with Crippen molar-refractivity contribution in [2.24, 2.45) is 0 Å². The van der Waals surface area contributed by atoms with Crippen LogP contribution in [-0.2, 0) is 4.79 Å². The Labute approximate surface area is 166 Å². The van der Waals surface area contributed by atoms with Gasteiger partial charge in [0, 0.05) is 5.69 Å². The van der Waals surface area contributed by atoms with E-state index in [9.17, 15) is 4.79 Å². The van der Waals surface area contributed by atoms with E-state index in [0.717, 1.165) is 43.3 Å². The van der Waals surface area contributed by atoms with Crippen LogP contribution in [0.2, 0.25) is 0 Å². The molecule has 1 aliphatic rings. The number of hydrogen-bond donors (Lipinski definition) is 2. The quantitative estimate of drug-likeness (QED) is 0.801. The normalized spacial score (nSPS) is 15.5. The Kier molecular flexibility index (Phi) is 6.51. The number of anilines is 2. The first-order chi connectivity index (χ1) is 13.6. The zero-order valence-electron chi connectivity index (χ0n) is 16.4. The highest BCUT2D eigenvalue weighted by Crippen LogP contribution is 2.27. The highest BCUT2D eigenvalue weighted by atomic mass is 16.5. The number of carbonyl (C=O) groups excluding carboxylic acids is 1. The summed E-state index contributed by atoms with van der Waals surface area (Å²) in [6, 6.07) is 17.0. The van der Waals surface area contributed by atoms with Crippen molar-refractivity contribution in [3.63, 3.8) is 0 Å². The number of ether oxygens (including phenoxy) is 1. The summed E-state index contributed by atoms with van der Waals surface area (Å²) in [6.07, 6.45) is 0. The molecule has 0 aliphatic carbocycles. The SMILES string of the molecule is CCOc1ccccc1N1CC[NH+]([C@@H](C)C(=O)Nc2ccc(C#N)cc2)CC1. The van der Waals surface area contributed by atoms with Crippen molar-refractivity contribution in [3.05, 3.63) is 54.1 Å². The van der Waals surface area contributed by atoms with Crippen LogP contribution >= 0.6 is 0 Å². The fraction of sp³-hybridized carbons (Fsp3) is 0.364. The molecule has 146 valence electrons. The third-order valence-electron chi connectivity index (χ3n) is 5.20. The zero-order valence-corrected chi connectivity index (χ0v) is 16.4. The number of quaternary nitrogens is 1. The van der Waals surface area contributed by atoms with Gasteiger partial charge >= 0.3 is 0 Å². The van der Waals surface area contributed by atoms with Gasteiger partial charge in [-0.2, -0.15) is 5.26 Å². The maximum atomic E-state index is 12.6. The van der Waals surface area contributed by atoms with Gasteiger partial charge in [0.05, 0.1) is 50.1 Å². The first-order valence-electron chi connectivity index (χ1n) is 9.74. The van der Waals surface area contributed by atoms with E-state index >= 15 is 0 Å². The van der Waals surface area contributed by atoms with Crippen molar-refractivity contribution < 1.29 is 14.4 Å². The summed E-state index contributed by atoms with van der Waals surface area (Å²) >= 11 is 0. The molecule has 3 rings (SSSR count). The molecule has 1 atom stereocenters. The topological polar surface area (TPSA) is 69.8 Å². The highest BCUT2D eigenvalue weighted by molar-refractivity contribution is 5.93. The lowest BCUT2D eigenvalue weighted by Crippen LogP contribution is -3.19. The second kappa shape index (κ2) is 9.25. The third-order valence-corrected chi connectivity index (χ3v) is 5.20. The molecule has 0 saturated carbocycles. The minimum absolute atomic E-state index is 0.00266.